The molecule has 0 spiro atoms. The predicted molar refractivity (Wildman–Crippen MR) is 88.0 cm³/mol. The van der Waals surface area contributed by atoms with Gasteiger partial charge in [-0.1, -0.05) is 34.1 Å². The van der Waals surface area contributed by atoms with Crippen LogP contribution in [0.3, 0.4) is 0 Å². The molecule has 1 aliphatic heterocycles. The molecule has 2 aliphatic rings. The van der Waals surface area contributed by atoms with Gasteiger partial charge in [-0.05, 0) is 75.5 Å². The highest BCUT2D eigenvalue weighted by atomic mass is 15.1. The van der Waals surface area contributed by atoms with E-state index >= 15 is 0 Å². The fraction of sp³-hybridized carbons (Fsp3) is 1.00. The summed E-state index contributed by atoms with van der Waals surface area (Å²) in [6.45, 7) is 14.6. The average Bonchev–Trinajstić information content (AvgIpc) is 2.84. The maximum atomic E-state index is 3.69. The van der Waals surface area contributed by atoms with Gasteiger partial charge >= 0.3 is 0 Å². The van der Waals surface area contributed by atoms with Crippen LogP contribution in [0.15, 0.2) is 0 Å². The second-order valence-corrected chi connectivity index (χ2v) is 8.13. The Morgan fingerprint density at radius 2 is 1.75 bits per heavy atom. The van der Waals surface area contributed by atoms with E-state index in [2.05, 4.69) is 37.9 Å². The predicted octanol–water partition coefficient (Wildman–Crippen LogP) is 3.91. The molecule has 20 heavy (non-hydrogen) atoms. The normalized spacial score (nSPS) is 30.0. The van der Waals surface area contributed by atoms with Crippen LogP contribution in [0.25, 0.3) is 0 Å². The van der Waals surface area contributed by atoms with Crippen molar-refractivity contribution >= 4 is 0 Å². The standard InChI is InChI=1S/C18H36N2/c1-5-19-17-8-6-7-15(17)9-12-20-13-10-16(11-14-20)18(2,3)4/h15-17,19H,5-14H2,1-4H3. The lowest BCUT2D eigenvalue weighted by Crippen LogP contribution is -2.40. The van der Waals surface area contributed by atoms with Gasteiger partial charge in [0.1, 0.15) is 0 Å². The number of hydrogen-bond acceptors (Lipinski definition) is 2. The zero-order valence-electron chi connectivity index (χ0n) is 14.3. The third-order valence-electron chi connectivity index (χ3n) is 5.75. The average molecular weight is 281 g/mol. The third-order valence-corrected chi connectivity index (χ3v) is 5.75. The van der Waals surface area contributed by atoms with Crippen molar-refractivity contribution in [3.8, 4) is 0 Å². The Kier molecular flexibility index (Phi) is 5.92. The zero-order valence-corrected chi connectivity index (χ0v) is 14.3. The van der Waals surface area contributed by atoms with E-state index in [4.69, 9.17) is 0 Å². The van der Waals surface area contributed by atoms with Gasteiger partial charge in [-0.25, -0.2) is 0 Å². The fourth-order valence-corrected chi connectivity index (χ4v) is 4.28. The molecule has 2 nitrogen and oxygen atoms in total. The maximum absolute atomic E-state index is 3.69. The molecule has 1 aliphatic carbocycles. The molecule has 1 saturated carbocycles. The second kappa shape index (κ2) is 7.26. The molecule has 2 rings (SSSR count). The minimum absolute atomic E-state index is 0.508. The van der Waals surface area contributed by atoms with Crippen LogP contribution >= 0.6 is 0 Å². The molecular weight excluding hydrogens is 244 g/mol. The van der Waals surface area contributed by atoms with Crippen molar-refractivity contribution in [2.45, 2.75) is 72.3 Å². The van der Waals surface area contributed by atoms with Gasteiger partial charge < -0.3 is 10.2 Å². The summed E-state index contributed by atoms with van der Waals surface area (Å²) in [4.78, 5) is 2.73. The van der Waals surface area contributed by atoms with Crippen LogP contribution in [-0.4, -0.2) is 37.1 Å². The van der Waals surface area contributed by atoms with E-state index in [1.807, 2.05) is 0 Å². The van der Waals surface area contributed by atoms with E-state index in [1.54, 1.807) is 0 Å². The monoisotopic (exact) mass is 280 g/mol. The summed E-state index contributed by atoms with van der Waals surface area (Å²) >= 11 is 0. The van der Waals surface area contributed by atoms with Gasteiger partial charge in [0.2, 0.25) is 0 Å². The Morgan fingerprint density at radius 1 is 1.05 bits per heavy atom. The van der Waals surface area contributed by atoms with Crippen molar-refractivity contribution in [2.75, 3.05) is 26.2 Å². The van der Waals surface area contributed by atoms with Gasteiger partial charge in [0.05, 0.1) is 0 Å². The summed E-state index contributed by atoms with van der Waals surface area (Å²) in [7, 11) is 0. The summed E-state index contributed by atoms with van der Waals surface area (Å²) in [5.74, 6) is 1.87. The molecule has 0 radical (unpaired) electrons. The van der Waals surface area contributed by atoms with Crippen LogP contribution in [0.5, 0.6) is 0 Å². The number of nitrogens with one attached hydrogen (secondary N) is 1. The van der Waals surface area contributed by atoms with Gasteiger partial charge in [-0.3, -0.25) is 0 Å². The highest BCUT2D eigenvalue weighted by molar-refractivity contribution is 4.85. The minimum atomic E-state index is 0.508. The SMILES string of the molecule is CCNC1CCCC1CCN1CCC(C(C)(C)C)CC1. The summed E-state index contributed by atoms with van der Waals surface area (Å²) in [6, 6.07) is 0.812. The second-order valence-electron chi connectivity index (χ2n) is 8.13. The number of likely N-dealkylation sites (tertiary alicyclic amines) is 1. The van der Waals surface area contributed by atoms with Crippen LogP contribution in [0, 0.1) is 17.3 Å². The van der Waals surface area contributed by atoms with Crippen LogP contribution in [0.1, 0.15) is 66.2 Å². The number of nitrogens with zero attached hydrogens (tertiary/aromatic N) is 1. The molecule has 2 heteroatoms. The van der Waals surface area contributed by atoms with Crippen LogP contribution < -0.4 is 5.32 Å². The van der Waals surface area contributed by atoms with Crippen molar-refractivity contribution in [1.29, 1.82) is 0 Å². The first kappa shape index (κ1) is 16.3. The number of piperidine rings is 1. The Labute approximate surface area is 126 Å². The molecule has 118 valence electrons. The fourth-order valence-electron chi connectivity index (χ4n) is 4.28. The highest BCUT2D eigenvalue weighted by Crippen LogP contribution is 2.35. The van der Waals surface area contributed by atoms with Crippen molar-refractivity contribution < 1.29 is 0 Å². The van der Waals surface area contributed by atoms with Crippen LogP contribution in [0.2, 0.25) is 0 Å². The first-order valence-electron chi connectivity index (χ1n) is 8.96. The molecule has 0 bridgehead atoms. The largest absolute Gasteiger partial charge is 0.314 e. The van der Waals surface area contributed by atoms with E-state index in [0.29, 0.717) is 5.41 Å². The Bertz CT molecular complexity index is 274. The summed E-state index contributed by atoms with van der Waals surface area (Å²) in [6.07, 6.45) is 8.53. The first-order chi connectivity index (χ1) is 9.50. The Balaban J connectivity index is 1.68. The third kappa shape index (κ3) is 4.46. The van der Waals surface area contributed by atoms with Crippen molar-refractivity contribution in [3.63, 3.8) is 0 Å². The molecule has 0 aromatic carbocycles. The lowest BCUT2D eigenvalue weighted by atomic mass is 9.75. The Morgan fingerprint density at radius 3 is 2.35 bits per heavy atom. The first-order valence-corrected chi connectivity index (χ1v) is 8.96. The smallest absolute Gasteiger partial charge is 0.00956 e. The number of rotatable bonds is 5. The van der Waals surface area contributed by atoms with Crippen molar-refractivity contribution in [1.82, 2.24) is 10.2 Å². The molecule has 1 heterocycles. The molecule has 1 N–H and O–H groups in total. The molecule has 2 unspecified atom stereocenters. The quantitative estimate of drug-likeness (QED) is 0.821. The van der Waals surface area contributed by atoms with E-state index in [9.17, 15) is 0 Å². The molecule has 1 saturated heterocycles. The van der Waals surface area contributed by atoms with E-state index in [0.717, 1.165) is 24.4 Å². The topological polar surface area (TPSA) is 15.3 Å². The summed E-state index contributed by atoms with van der Waals surface area (Å²) in [5, 5.41) is 3.69. The molecule has 0 aromatic heterocycles. The van der Waals surface area contributed by atoms with Gasteiger partial charge in [0.25, 0.3) is 0 Å². The van der Waals surface area contributed by atoms with Gasteiger partial charge in [0.15, 0.2) is 0 Å². The van der Waals surface area contributed by atoms with Crippen LogP contribution in [-0.2, 0) is 0 Å². The van der Waals surface area contributed by atoms with Crippen molar-refractivity contribution in [3.05, 3.63) is 0 Å². The summed E-state index contributed by atoms with van der Waals surface area (Å²) < 4.78 is 0. The molecule has 2 atom stereocenters. The van der Waals surface area contributed by atoms with Gasteiger partial charge in [-0.15, -0.1) is 0 Å². The minimum Gasteiger partial charge on any atom is -0.314 e. The van der Waals surface area contributed by atoms with E-state index < -0.39 is 0 Å². The zero-order chi connectivity index (χ0) is 14.6. The maximum Gasteiger partial charge on any atom is 0.00956 e. The molecular formula is C18H36N2. The lowest BCUT2D eigenvalue weighted by molar-refractivity contribution is 0.107. The van der Waals surface area contributed by atoms with Crippen LogP contribution in [0.4, 0.5) is 0 Å². The number of hydrogen-bond donors (Lipinski definition) is 1. The molecule has 0 amide bonds. The molecule has 0 aromatic rings. The van der Waals surface area contributed by atoms with Gasteiger partial charge in [0, 0.05) is 6.04 Å². The molecule has 2 fully saturated rings. The van der Waals surface area contributed by atoms with Crippen molar-refractivity contribution in [2.24, 2.45) is 17.3 Å². The Hall–Kier alpha value is -0.0800. The highest BCUT2D eigenvalue weighted by Gasteiger charge is 2.30. The lowest BCUT2D eigenvalue weighted by Gasteiger charge is -2.39. The summed E-state index contributed by atoms with van der Waals surface area (Å²) in [5.41, 5.74) is 0.508. The van der Waals surface area contributed by atoms with Gasteiger partial charge in [-0.2, -0.15) is 0 Å². The van der Waals surface area contributed by atoms with E-state index in [1.165, 1.54) is 58.2 Å². The van der Waals surface area contributed by atoms with E-state index in [-0.39, 0.29) is 0 Å².